The SMILES string of the molecule is C[C@@H]1CN(Cc2ccccc2)C[C@H](C)C1(O)C1CC1. The van der Waals surface area contributed by atoms with Gasteiger partial charge in [0.15, 0.2) is 0 Å². The molecule has 2 aliphatic rings. The number of hydrogen-bond donors (Lipinski definition) is 1. The van der Waals surface area contributed by atoms with E-state index in [1.54, 1.807) is 0 Å². The summed E-state index contributed by atoms with van der Waals surface area (Å²) in [5, 5.41) is 11.0. The van der Waals surface area contributed by atoms with Gasteiger partial charge in [-0.1, -0.05) is 44.2 Å². The van der Waals surface area contributed by atoms with Crippen LogP contribution in [0.2, 0.25) is 0 Å². The van der Waals surface area contributed by atoms with Gasteiger partial charge in [0.25, 0.3) is 0 Å². The number of benzene rings is 1. The Morgan fingerprint density at radius 1 is 1.11 bits per heavy atom. The number of piperidine rings is 1. The van der Waals surface area contributed by atoms with Gasteiger partial charge in [0, 0.05) is 19.6 Å². The highest BCUT2D eigenvalue weighted by atomic mass is 16.3. The fourth-order valence-electron chi connectivity index (χ4n) is 3.95. The van der Waals surface area contributed by atoms with Gasteiger partial charge in [-0.2, -0.15) is 0 Å². The van der Waals surface area contributed by atoms with Gasteiger partial charge in [-0.25, -0.2) is 0 Å². The smallest absolute Gasteiger partial charge is 0.0750 e. The molecule has 0 radical (unpaired) electrons. The molecule has 1 aromatic rings. The summed E-state index contributed by atoms with van der Waals surface area (Å²) in [6.07, 6.45) is 2.45. The number of hydrogen-bond acceptors (Lipinski definition) is 2. The van der Waals surface area contributed by atoms with E-state index in [2.05, 4.69) is 49.1 Å². The van der Waals surface area contributed by atoms with Gasteiger partial charge in [-0.3, -0.25) is 4.90 Å². The molecule has 1 unspecified atom stereocenters. The van der Waals surface area contributed by atoms with E-state index in [4.69, 9.17) is 0 Å². The van der Waals surface area contributed by atoms with Crippen molar-refractivity contribution in [1.82, 2.24) is 4.90 Å². The lowest BCUT2D eigenvalue weighted by Gasteiger charge is -2.48. The van der Waals surface area contributed by atoms with Crippen molar-refractivity contribution in [3.05, 3.63) is 35.9 Å². The quantitative estimate of drug-likeness (QED) is 0.902. The normalized spacial score (nSPS) is 36.4. The van der Waals surface area contributed by atoms with Crippen molar-refractivity contribution in [2.75, 3.05) is 13.1 Å². The Bertz CT molecular complexity index is 414. The van der Waals surface area contributed by atoms with Gasteiger partial charge in [0.2, 0.25) is 0 Å². The van der Waals surface area contributed by atoms with Gasteiger partial charge in [-0.05, 0) is 36.2 Å². The molecule has 3 rings (SSSR count). The van der Waals surface area contributed by atoms with Crippen LogP contribution >= 0.6 is 0 Å². The van der Waals surface area contributed by atoms with Crippen molar-refractivity contribution in [2.24, 2.45) is 17.8 Å². The molecule has 0 aromatic heterocycles. The molecule has 19 heavy (non-hydrogen) atoms. The third-order valence-electron chi connectivity index (χ3n) is 5.12. The van der Waals surface area contributed by atoms with E-state index in [-0.39, 0.29) is 0 Å². The molecule has 1 heterocycles. The summed E-state index contributed by atoms with van der Waals surface area (Å²) in [4.78, 5) is 2.50. The predicted molar refractivity (Wildman–Crippen MR) is 77.7 cm³/mol. The molecular weight excluding hydrogens is 234 g/mol. The first kappa shape index (κ1) is 13.1. The molecule has 2 nitrogen and oxygen atoms in total. The zero-order chi connectivity index (χ0) is 13.5. The average molecular weight is 259 g/mol. The third-order valence-corrected chi connectivity index (χ3v) is 5.12. The third kappa shape index (κ3) is 2.44. The summed E-state index contributed by atoms with van der Waals surface area (Å²) in [7, 11) is 0. The largest absolute Gasteiger partial charge is 0.389 e. The van der Waals surface area contributed by atoms with Crippen molar-refractivity contribution < 1.29 is 5.11 Å². The molecule has 1 aliphatic carbocycles. The van der Waals surface area contributed by atoms with Gasteiger partial charge >= 0.3 is 0 Å². The van der Waals surface area contributed by atoms with Crippen LogP contribution in [0.4, 0.5) is 0 Å². The Balaban J connectivity index is 1.68. The van der Waals surface area contributed by atoms with Crippen LogP contribution in [0, 0.1) is 17.8 Å². The zero-order valence-electron chi connectivity index (χ0n) is 12.0. The Kier molecular flexibility index (Phi) is 3.40. The monoisotopic (exact) mass is 259 g/mol. The molecule has 1 N–H and O–H groups in total. The molecule has 0 amide bonds. The van der Waals surface area contributed by atoms with E-state index in [1.807, 2.05) is 0 Å². The standard InChI is InChI=1S/C17H25NO/c1-13-10-18(12-15-6-4-3-5-7-15)11-14(2)17(13,19)16-8-9-16/h3-7,13-14,16,19H,8-12H2,1-2H3/t13-,14+,17?. The molecule has 1 aliphatic heterocycles. The first-order chi connectivity index (χ1) is 9.10. The Hall–Kier alpha value is -0.860. The lowest BCUT2D eigenvalue weighted by molar-refractivity contribution is -0.122. The van der Waals surface area contributed by atoms with Crippen LogP contribution < -0.4 is 0 Å². The summed E-state index contributed by atoms with van der Waals surface area (Å²) in [5.74, 6) is 1.33. The summed E-state index contributed by atoms with van der Waals surface area (Å²) in [6.45, 7) is 7.51. The maximum absolute atomic E-state index is 11.0. The molecular formula is C17H25NO. The van der Waals surface area contributed by atoms with E-state index < -0.39 is 5.60 Å². The van der Waals surface area contributed by atoms with E-state index in [0.29, 0.717) is 17.8 Å². The minimum atomic E-state index is -0.410. The lowest BCUT2D eigenvalue weighted by Crippen LogP contribution is -2.57. The summed E-state index contributed by atoms with van der Waals surface area (Å²) in [6, 6.07) is 10.7. The van der Waals surface area contributed by atoms with Crippen molar-refractivity contribution in [2.45, 2.75) is 38.8 Å². The summed E-state index contributed by atoms with van der Waals surface area (Å²) >= 11 is 0. The number of nitrogens with zero attached hydrogens (tertiary/aromatic N) is 1. The number of aliphatic hydroxyl groups is 1. The fourth-order valence-corrected chi connectivity index (χ4v) is 3.95. The lowest BCUT2D eigenvalue weighted by atomic mass is 9.71. The highest BCUT2D eigenvalue weighted by molar-refractivity contribution is 5.15. The molecule has 2 fully saturated rings. The second-order valence-corrected chi connectivity index (χ2v) is 6.64. The highest BCUT2D eigenvalue weighted by Crippen LogP contribution is 2.49. The second-order valence-electron chi connectivity index (χ2n) is 6.64. The Labute approximate surface area is 116 Å². The van der Waals surface area contributed by atoms with Crippen LogP contribution in [0.25, 0.3) is 0 Å². The summed E-state index contributed by atoms with van der Waals surface area (Å²) in [5.41, 5.74) is 0.964. The molecule has 1 saturated carbocycles. The van der Waals surface area contributed by atoms with Crippen molar-refractivity contribution >= 4 is 0 Å². The van der Waals surface area contributed by atoms with Crippen LogP contribution in [0.3, 0.4) is 0 Å². The second kappa shape index (κ2) is 4.92. The highest BCUT2D eigenvalue weighted by Gasteiger charge is 2.53. The van der Waals surface area contributed by atoms with Gasteiger partial charge in [0.05, 0.1) is 5.60 Å². The van der Waals surface area contributed by atoms with Crippen molar-refractivity contribution in [3.63, 3.8) is 0 Å². The zero-order valence-corrected chi connectivity index (χ0v) is 12.0. The minimum absolute atomic E-state index is 0.382. The molecule has 104 valence electrons. The maximum atomic E-state index is 11.0. The maximum Gasteiger partial charge on any atom is 0.0750 e. The molecule has 1 aromatic carbocycles. The van der Waals surface area contributed by atoms with E-state index in [1.165, 1.54) is 18.4 Å². The topological polar surface area (TPSA) is 23.5 Å². The molecule has 3 atom stereocenters. The van der Waals surface area contributed by atoms with Gasteiger partial charge in [-0.15, -0.1) is 0 Å². The fraction of sp³-hybridized carbons (Fsp3) is 0.647. The summed E-state index contributed by atoms with van der Waals surface area (Å²) < 4.78 is 0. The minimum Gasteiger partial charge on any atom is -0.389 e. The average Bonchev–Trinajstić information content (AvgIpc) is 3.21. The van der Waals surface area contributed by atoms with E-state index in [9.17, 15) is 5.11 Å². The van der Waals surface area contributed by atoms with Crippen LogP contribution in [0.15, 0.2) is 30.3 Å². The Morgan fingerprint density at radius 3 is 2.21 bits per heavy atom. The van der Waals surface area contributed by atoms with Crippen LogP contribution in [0.1, 0.15) is 32.3 Å². The van der Waals surface area contributed by atoms with Gasteiger partial charge in [0.1, 0.15) is 0 Å². The molecule has 1 saturated heterocycles. The van der Waals surface area contributed by atoms with Crippen LogP contribution in [-0.2, 0) is 6.54 Å². The molecule has 0 spiro atoms. The Morgan fingerprint density at radius 2 is 1.68 bits per heavy atom. The number of rotatable bonds is 3. The molecule has 0 bridgehead atoms. The van der Waals surface area contributed by atoms with Crippen molar-refractivity contribution in [1.29, 1.82) is 0 Å². The van der Waals surface area contributed by atoms with E-state index >= 15 is 0 Å². The van der Waals surface area contributed by atoms with Gasteiger partial charge < -0.3 is 5.11 Å². The number of likely N-dealkylation sites (tertiary alicyclic amines) is 1. The van der Waals surface area contributed by atoms with Crippen LogP contribution in [-0.4, -0.2) is 28.7 Å². The predicted octanol–water partition coefficient (Wildman–Crippen LogP) is 2.92. The van der Waals surface area contributed by atoms with E-state index in [0.717, 1.165) is 19.6 Å². The van der Waals surface area contributed by atoms with Crippen molar-refractivity contribution in [3.8, 4) is 0 Å². The first-order valence-corrected chi connectivity index (χ1v) is 7.59. The van der Waals surface area contributed by atoms with Crippen LogP contribution in [0.5, 0.6) is 0 Å². The molecule has 2 heteroatoms. The first-order valence-electron chi connectivity index (χ1n) is 7.59.